The first-order valence-electron chi connectivity index (χ1n) is 12.2. The largest absolute Gasteiger partial charge is 0.478 e. The summed E-state index contributed by atoms with van der Waals surface area (Å²) in [6.07, 6.45) is 3.99. The second kappa shape index (κ2) is 13.7. The second-order valence-electron chi connectivity index (χ2n) is 8.80. The highest BCUT2D eigenvalue weighted by molar-refractivity contribution is 5.77. The lowest BCUT2D eigenvalue weighted by molar-refractivity contribution is -0.154. The fraction of sp³-hybridized carbons (Fsp3) is 0.481. The van der Waals surface area contributed by atoms with Gasteiger partial charge >= 0.3 is 12.0 Å². The smallest absolute Gasteiger partial charge is 0.347 e. The van der Waals surface area contributed by atoms with Crippen LogP contribution in [0.5, 0.6) is 5.75 Å². The molecule has 0 unspecified atom stereocenters. The molecule has 2 aromatic rings. The Morgan fingerprint density at radius 1 is 1.06 bits per heavy atom. The Bertz CT molecular complexity index is 985. The molecule has 2 aromatic carbocycles. The van der Waals surface area contributed by atoms with Gasteiger partial charge in [0.2, 0.25) is 5.60 Å². The van der Waals surface area contributed by atoms with Crippen molar-refractivity contribution in [2.45, 2.75) is 64.9 Å². The van der Waals surface area contributed by atoms with Gasteiger partial charge in [0.05, 0.1) is 0 Å². The second-order valence-corrected chi connectivity index (χ2v) is 8.80. The zero-order chi connectivity index (χ0) is 25.8. The summed E-state index contributed by atoms with van der Waals surface area (Å²) < 4.78 is 33.1. The minimum Gasteiger partial charge on any atom is -0.478 e. The van der Waals surface area contributed by atoms with Crippen molar-refractivity contribution in [2.75, 3.05) is 19.6 Å². The molecule has 0 saturated carbocycles. The Balaban J connectivity index is 2.08. The van der Waals surface area contributed by atoms with Crippen molar-refractivity contribution in [1.82, 2.24) is 10.2 Å². The molecule has 0 radical (unpaired) electrons. The summed E-state index contributed by atoms with van der Waals surface area (Å²) in [7, 11) is 0. The van der Waals surface area contributed by atoms with E-state index in [9.17, 15) is 23.5 Å². The van der Waals surface area contributed by atoms with Crippen LogP contribution in [0, 0.1) is 11.6 Å². The van der Waals surface area contributed by atoms with Crippen molar-refractivity contribution >= 4 is 12.0 Å². The molecule has 0 aliphatic rings. The van der Waals surface area contributed by atoms with E-state index >= 15 is 0 Å². The molecular formula is C27H36F2N2O4. The van der Waals surface area contributed by atoms with Crippen LogP contribution >= 0.6 is 0 Å². The maximum atomic E-state index is 14.1. The van der Waals surface area contributed by atoms with Crippen LogP contribution in [0.4, 0.5) is 13.6 Å². The molecule has 0 bridgehead atoms. The van der Waals surface area contributed by atoms with Crippen LogP contribution in [0.2, 0.25) is 0 Å². The number of hydrogen-bond donors (Lipinski definition) is 2. The average molecular weight is 491 g/mol. The molecule has 8 heteroatoms. The maximum Gasteiger partial charge on any atom is 0.347 e. The molecule has 0 aromatic heterocycles. The summed E-state index contributed by atoms with van der Waals surface area (Å²) in [5, 5.41) is 12.4. The van der Waals surface area contributed by atoms with E-state index in [4.69, 9.17) is 4.74 Å². The number of nitrogens with one attached hydrogen (secondary N) is 1. The SMILES string of the molecule is CCCCCNC(=O)N(CCc1cccc(O[C@](C)(CC)C(=O)O)c1)CCc1ccc(F)cc1F. The van der Waals surface area contributed by atoms with Crippen molar-refractivity contribution in [2.24, 2.45) is 0 Å². The highest BCUT2D eigenvalue weighted by Crippen LogP contribution is 2.23. The number of carbonyl (C=O) groups is 2. The number of amides is 2. The highest BCUT2D eigenvalue weighted by Gasteiger charge is 2.33. The molecule has 2 rings (SSSR count). The first kappa shape index (κ1) is 28.1. The lowest BCUT2D eigenvalue weighted by atomic mass is 10.0. The first-order chi connectivity index (χ1) is 16.7. The number of urea groups is 1. The molecule has 192 valence electrons. The molecule has 0 heterocycles. The lowest BCUT2D eigenvalue weighted by Gasteiger charge is -2.25. The molecule has 35 heavy (non-hydrogen) atoms. The Morgan fingerprint density at radius 2 is 1.80 bits per heavy atom. The van der Waals surface area contributed by atoms with Gasteiger partial charge in [0.25, 0.3) is 0 Å². The van der Waals surface area contributed by atoms with Crippen molar-refractivity contribution in [1.29, 1.82) is 0 Å². The predicted molar refractivity (Wildman–Crippen MR) is 132 cm³/mol. The fourth-order valence-electron chi connectivity index (χ4n) is 3.53. The maximum absolute atomic E-state index is 14.1. The molecule has 2 amide bonds. The first-order valence-corrected chi connectivity index (χ1v) is 12.2. The number of carboxylic acid groups (broad SMARTS) is 1. The van der Waals surface area contributed by atoms with Crippen molar-refractivity contribution < 1.29 is 28.2 Å². The van der Waals surface area contributed by atoms with Gasteiger partial charge in [0.1, 0.15) is 17.4 Å². The van der Waals surface area contributed by atoms with Gasteiger partial charge in [-0.05, 0) is 61.9 Å². The molecule has 2 N–H and O–H groups in total. The Labute approximate surface area is 206 Å². The summed E-state index contributed by atoms with van der Waals surface area (Å²) >= 11 is 0. The third kappa shape index (κ3) is 8.85. The van der Waals surface area contributed by atoms with E-state index in [2.05, 4.69) is 12.2 Å². The monoisotopic (exact) mass is 490 g/mol. The summed E-state index contributed by atoms with van der Waals surface area (Å²) in [5.74, 6) is -1.86. The molecule has 6 nitrogen and oxygen atoms in total. The van der Waals surface area contributed by atoms with E-state index in [0.717, 1.165) is 30.9 Å². The fourth-order valence-corrected chi connectivity index (χ4v) is 3.53. The number of aliphatic carboxylic acids is 1. The molecular weight excluding hydrogens is 454 g/mol. The minimum atomic E-state index is -1.33. The van der Waals surface area contributed by atoms with Crippen molar-refractivity contribution in [3.8, 4) is 5.75 Å². The number of carbonyl (C=O) groups excluding carboxylic acids is 1. The van der Waals surface area contributed by atoms with Gasteiger partial charge in [-0.1, -0.05) is 44.9 Å². The van der Waals surface area contributed by atoms with Crippen LogP contribution in [0.15, 0.2) is 42.5 Å². The normalized spacial score (nSPS) is 12.6. The predicted octanol–water partition coefficient (Wildman–Crippen LogP) is 5.58. The molecule has 0 aliphatic heterocycles. The quantitative estimate of drug-likeness (QED) is 0.339. The Morgan fingerprint density at radius 3 is 2.46 bits per heavy atom. The summed E-state index contributed by atoms with van der Waals surface area (Å²) in [6, 6.07) is 10.4. The zero-order valence-electron chi connectivity index (χ0n) is 20.8. The van der Waals surface area contributed by atoms with E-state index in [1.165, 1.54) is 19.1 Å². The summed E-state index contributed by atoms with van der Waals surface area (Å²) in [5.41, 5.74) is -0.108. The highest BCUT2D eigenvalue weighted by atomic mass is 19.1. The van der Waals surface area contributed by atoms with E-state index in [1.54, 1.807) is 30.0 Å². The van der Waals surface area contributed by atoms with Gasteiger partial charge in [0, 0.05) is 25.7 Å². The van der Waals surface area contributed by atoms with Crippen LogP contribution in [0.1, 0.15) is 57.6 Å². The Hall–Kier alpha value is -3.16. The van der Waals surface area contributed by atoms with Gasteiger partial charge in [-0.25, -0.2) is 18.4 Å². The van der Waals surface area contributed by atoms with E-state index < -0.39 is 23.2 Å². The number of rotatable bonds is 14. The Kier molecular flexibility index (Phi) is 11.0. The molecule has 0 aliphatic carbocycles. The van der Waals surface area contributed by atoms with Gasteiger partial charge < -0.3 is 20.1 Å². The number of halogens is 2. The standard InChI is InChI=1S/C27H36F2N2O4/c1-4-6-7-15-30-26(34)31(17-14-21-11-12-22(28)19-24(21)29)16-13-20-9-8-10-23(18-20)35-27(3,5-2)25(32)33/h8-12,18-19H,4-7,13-17H2,1-3H3,(H,30,34)(H,32,33)/t27-/m1/s1. The third-order valence-corrected chi connectivity index (χ3v) is 6.05. The third-order valence-electron chi connectivity index (χ3n) is 6.05. The minimum absolute atomic E-state index is 0.236. The number of unbranched alkanes of at least 4 members (excludes halogenated alkanes) is 2. The van der Waals surface area contributed by atoms with E-state index in [0.29, 0.717) is 37.2 Å². The van der Waals surface area contributed by atoms with Crippen LogP contribution in [0.3, 0.4) is 0 Å². The van der Waals surface area contributed by atoms with Crippen LogP contribution in [-0.2, 0) is 17.6 Å². The van der Waals surface area contributed by atoms with E-state index in [-0.39, 0.29) is 19.0 Å². The molecule has 0 fully saturated rings. The van der Waals surface area contributed by atoms with Crippen LogP contribution in [0.25, 0.3) is 0 Å². The number of ether oxygens (including phenoxy) is 1. The average Bonchev–Trinajstić information content (AvgIpc) is 2.82. The topological polar surface area (TPSA) is 78.9 Å². The molecule has 1 atom stereocenters. The number of carboxylic acids is 1. The van der Waals surface area contributed by atoms with Crippen LogP contribution in [-0.4, -0.2) is 47.2 Å². The summed E-state index contributed by atoms with van der Waals surface area (Å²) in [4.78, 5) is 26.0. The van der Waals surface area contributed by atoms with Gasteiger partial charge in [-0.15, -0.1) is 0 Å². The molecule has 0 saturated heterocycles. The van der Waals surface area contributed by atoms with Crippen molar-refractivity contribution in [3.63, 3.8) is 0 Å². The van der Waals surface area contributed by atoms with Crippen LogP contribution < -0.4 is 10.1 Å². The van der Waals surface area contributed by atoms with Gasteiger partial charge in [-0.3, -0.25) is 0 Å². The van der Waals surface area contributed by atoms with Gasteiger partial charge in [0.15, 0.2) is 0 Å². The number of hydrogen-bond acceptors (Lipinski definition) is 3. The number of benzene rings is 2. The number of nitrogens with zero attached hydrogens (tertiary/aromatic N) is 1. The lowest BCUT2D eigenvalue weighted by Crippen LogP contribution is -2.42. The van der Waals surface area contributed by atoms with Crippen molar-refractivity contribution in [3.05, 3.63) is 65.2 Å². The van der Waals surface area contributed by atoms with Gasteiger partial charge in [-0.2, -0.15) is 0 Å². The van der Waals surface area contributed by atoms with E-state index in [1.807, 2.05) is 6.07 Å². The molecule has 0 spiro atoms. The summed E-state index contributed by atoms with van der Waals surface area (Å²) in [6.45, 7) is 6.56. The zero-order valence-corrected chi connectivity index (χ0v) is 20.8.